The van der Waals surface area contributed by atoms with E-state index in [1.165, 1.54) is 22.5 Å². The van der Waals surface area contributed by atoms with Crippen molar-refractivity contribution in [1.29, 1.82) is 0 Å². The van der Waals surface area contributed by atoms with Gasteiger partial charge in [0.1, 0.15) is 5.00 Å². The normalized spacial score (nSPS) is 14.9. The third-order valence-electron chi connectivity index (χ3n) is 5.15. The van der Waals surface area contributed by atoms with E-state index in [9.17, 15) is 9.90 Å². The standard InChI is InChI=1S/C16H17NO2S.C8H7Cl/c1-17-15-14(16(18)19)13(9-20-15)12-7-6-10-4-2-3-5-11(10)8-12;1-2-7-3-5-8(9)6-4-7/h2-5,9,12,17H,6-8H2,1H3,(H,18,19);2-6H,1H2. The predicted octanol–water partition coefficient (Wildman–Crippen LogP) is 6.74. The quantitative estimate of drug-likeness (QED) is 0.486. The van der Waals surface area contributed by atoms with Crippen molar-refractivity contribution in [2.24, 2.45) is 0 Å². The summed E-state index contributed by atoms with van der Waals surface area (Å²) in [7, 11) is 1.78. The van der Waals surface area contributed by atoms with E-state index in [0.717, 1.165) is 40.4 Å². The van der Waals surface area contributed by atoms with Crippen molar-refractivity contribution < 1.29 is 9.90 Å². The minimum absolute atomic E-state index is 0.314. The number of anilines is 1. The van der Waals surface area contributed by atoms with Gasteiger partial charge in [0.2, 0.25) is 0 Å². The van der Waals surface area contributed by atoms with Gasteiger partial charge in [0.15, 0.2) is 0 Å². The first-order valence-corrected chi connectivity index (χ1v) is 10.8. The molecule has 0 fully saturated rings. The number of rotatable bonds is 4. The van der Waals surface area contributed by atoms with E-state index in [0.29, 0.717) is 11.5 Å². The molecule has 5 heteroatoms. The third-order valence-corrected chi connectivity index (χ3v) is 6.42. The smallest absolute Gasteiger partial charge is 0.338 e. The highest BCUT2D eigenvalue weighted by Crippen LogP contribution is 2.39. The maximum Gasteiger partial charge on any atom is 0.338 e. The summed E-state index contributed by atoms with van der Waals surface area (Å²) in [6, 6.07) is 16.0. The van der Waals surface area contributed by atoms with E-state index in [1.54, 1.807) is 13.1 Å². The lowest BCUT2D eigenvalue weighted by Crippen LogP contribution is -2.15. The summed E-state index contributed by atoms with van der Waals surface area (Å²) in [5.74, 6) is -0.515. The Labute approximate surface area is 180 Å². The molecular formula is C24H24ClNO2S. The number of thiophene rings is 1. The van der Waals surface area contributed by atoms with Crippen LogP contribution >= 0.6 is 22.9 Å². The summed E-state index contributed by atoms with van der Waals surface area (Å²) in [5, 5.41) is 16.0. The molecule has 1 atom stereocenters. The maximum absolute atomic E-state index is 11.5. The molecule has 1 aliphatic rings. The summed E-state index contributed by atoms with van der Waals surface area (Å²) >= 11 is 7.12. The first kappa shape index (κ1) is 21.2. The number of carboxylic acid groups (broad SMARTS) is 1. The Bertz CT molecular complexity index is 994. The predicted molar refractivity (Wildman–Crippen MR) is 124 cm³/mol. The zero-order valence-electron chi connectivity index (χ0n) is 16.3. The molecule has 150 valence electrons. The molecule has 2 aromatic carbocycles. The average Bonchev–Trinajstić information content (AvgIpc) is 3.19. The fourth-order valence-electron chi connectivity index (χ4n) is 3.64. The summed E-state index contributed by atoms with van der Waals surface area (Å²) in [5.41, 5.74) is 5.31. The number of nitrogens with one attached hydrogen (secondary N) is 1. The van der Waals surface area contributed by atoms with Crippen LogP contribution in [0.4, 0.5) is 5.00 Å². The molecule has 0 bridgehead atoms. The molecule has 0 radical (unpaired) electrons. The first-order chi connectivity index (χ1) is 14.0. The van der Waals surface area contributed by atoms with Crippen molar-refractivity contribution in [3.05, 3.63) is 93.3 Å². The molecule has 4 rings (SSSR count). The molecule has 0 saturated carbocycles. The second-order valence-electron chi connectivity index (χ2n) is 6.91. The van der Waals surface area contributed by atoms with Crippen molar-refractivity contribution in [2.75, 3.05) is 12.4 Å². The molecule has 29 heavy (non-hydrogen) atoms. The van der Waals surface area contributed by atoms with Gasteiger partial charge in [-0.2, -0.15) is 0 Å². The zero-order chi connectivity index (χ0) is 20.8. The number of carboxylic acids is 1. The molecule has 2 N–H and O–H groups in total. The van der Waals surface area contributed by atoms with Crippen LogP contribution in [-0.2, 0) is 12.8 Å². The van der Waals surface area contributed by atoms with Gasteiger partial charge in [0.05, 0.1) is 5.56 Å². The van der Waals surface area contributed by atoms with E-state index in [-0.39, 0.29) is 0 Å². The van der Waals surface area contributed by atoms with Crippen LogP contribution in [-0.4, -0.2) is 18.1 Å². The number of carbonyl (C=O) groups is 1. The molecule has 1 heterocycles. The van der Waals surface area contributed by atoms with Crippen molar-refractivity contribution in [1.82, 2.24) is 0 Å². The van der Waals surface area contributed by atoms with Crippen LogP contribution in [0.1, 0.15) is 45.0 Å². The van der Waals surface area contributed by atoms with Gasteiger partial charge in [-0.05, 0) is 64.9 Å². The van der Waals surface area contributed by atoms with Crippen molar-refractivity contribution in [2.45, 2.75) is 25.2 Å². The van der Waals surface area contributed by atoms with Gasteiger partial charge in [-0.15, -0.1) is 11.3 Å². The minimum atomic E-state index is -0.829. The van der Waals surface area contributed by atoms with E-state index >= 15 is 0 Å². The topological polar surface area (TPSA) is 49.3 Å². The SMILES string of the molecule is C=Cc1ccc(Cl)cc1.CNc1scc(C2CCc3ccccc3C2)c1C(=O)O. The van der Waals surface area contributed by atoms with Gasteiger partial charge in [0, 0.05) is 12.1 Å². The summed E-state index contributed by atoms with van der Waals surface area (Å²) in [6.45, 7) is 3.62. The molecule has 1 aromatic heterocycles. The molecule has 3 aromatic rings. The number of halogens is 1. The lowest BCUT2D eigenvalue weighted by Gasteiger charge is -2.24. The number of hydrogen-bond donors (Lipinski definition) is 2. The molecule has 0 saturated heterocycles. The Morgan fingerprint density at radius 1 is 1.21 bits per heavy atom. The second-order valence-corrected chi connectivity index (χ2v) is 8.23. The van der Waals surface area contributed by atoms with Gasteiger partial charge in [-0.3, -0.25) is 0 Å². The van der Waals surface area contributed by atoms with Gasteiger partial charge in [0.25, 0.3) is 0 Å². The maximum atomic E-state index is 11.5. The highest BCUT2D eigenvalue weighted by molar-refractivity contribution is 7.14. The lowest BCUT2D eigenvalue weighted by molar-refractivity contribution is 0.0696. The largest absolute Gasteiger partial charge is 0.478 e. The number of fused-ring (bicyclic) bond motifs is 1. The van der Waals surface area contributed by atoms with Crippen LogP contribution in [0.3, 0.4) is 0 Å². The molecule has 1 unspecified atom stereocenters. The molecule has 3 nitrogen and oxygen atoms in total. The van der Waals surface area contributed by atoms with Crippen LogP contribution < -0.4 is 5.32 Å². The van der Waals surface area contributed by atoms with E-state index in [1.807, 2.05) is 29.6 Å². The van der Waals surface area contributed by atoms with E-state index in [2.05, 4.69) is 36.2 Å². The van der Waals surface area contributed by atoms with Gasteiger partial charge >= 0.3 is 5.97 Å². The molecule has 0 amide bonds. The number of aromatic carboxylic acids is 1. The Morgan fingerprint density at radius 3 is 2.52 bits per heavy atom. The molecular weight excluding hydrogens is 402 g/mol. The van der Waals surface area contributed by atoms with Crippen molar-refractivity contribution in [3.63, 3.8) is 0 Å². The number of benzene rings is 2. The molecule has 0 aliphatic heterocycles. The van der Waals surface area contributed by atoms with Gasteiger partial charge in [-0.1, -0.05) is 60.7 Å². The average molecular weight is 426 g/mol. The van der Waals surface area contributed by atoms with Crippen LogP contribution in [0.5, 0.6) is 0 Å². The highest BCUT2D eigenvalue weighted by Gasteiger charge is 2.27. The van der Waals surface area contributed by atoms with Gasteiger partial charge < -0.3 is 10.4 Å². The monoisotopic (exact) mass is 425 g/mol. The van der Waals surface area contributed by atoms with E-state index in [4.69, 9.17) is 11.6 Å². The Kier molecular flexibility index (Phi) is 7.13. The second kappa shape index (κ2) is 9.77. The van der Waals surface area contributed by atoms with E-state index < -0.39 is 5.97 Å². The number of hydrogen-bond acceptors (Lipinski definition) is 3. The van der Waals surface area contributed by atoms with Crippen LogP contribution in [0.25, 0.3) is 6.08 Å². The van der Waals surface area contributed by atoms with Crippen molar-refractivity contribution >= 4 is 40.0 Å². The fraction of sp³-hybridized carbons (Fsp3) is 0.208. The van der Waals surface area contributed by atoms with Crippen molar-refractivity contribution in [3.8, 4) is 0 Å². The molecule has 0 spiro atoms. The highest BCUT2D eigenvalue weighted by atomic mass is 35.5. The zero-order valence-corrected chi connectivity index (χ0v) is 17.9. The third kappa shape index (κ3) is 5.08. The fourth-order valence-corrected chi connectivity index (χ4v) is 4.76. The molecule has 1 aliphatic carbocycles. The minimum Gasteiger partial charge on any atom is -0.478 e. The van der Waals surface area contributed by atoms with Gasteiger partial charge in [-0.25, -0.2) is 4.79 Å². The first-order valence-electron chi connectivity index (χ1n) is 9.50. The van der Waals surface area contributed by atoms with Crippen LogP contribution in [0.2, 0.25) is 5.02 Å². The number of aryl methyl sites for hydroxylation is 1. The lowest BCUT2D eigenvalue weighted by atomic mass is 9.80. The Morgan fingerprint density at radius 2 is 1.90 bits per heavy atom. The summed E-state index contributed by atoms with van der Waals surface area (Å²) < 4.78 is 0. The Hall–Kier alpha value is -2.56. The van der Waals surface area contributed by atoms with Crippen LogP contribution in [0.15, 0.2) is 60.5 Å². The summed E-state index contributed by atoms with van der Waals surface area (Å²) in [6.07, 6.45) is 4.79. The Balaban J connectivity index is 0.000000224. The van der Waals surface area contributed by atoms with Crippen LogP contribution in [0, 0.1) is 0 Å². The summed E-state index contributed by atoms with van der Waals surface area (Å²) in [4.78, 5) is 11.5.